The number of anilines is 1. The van der Waals surface area contributed by atoms with Gasteiger partial charge in [-0.05, 0) is 39.9 Å². The van der Waals surface area contributed by atoms with Gasteiger partial charge in [0.1, 0.15) is 18.0 Å². The van der Waals surface area contributed by atoms with Crippen LogP contribution < -0.4 is 9.64 Å². The molecule has 5 nitrogen and oxygen atoms in total. The first-order valence-corrected chi connectivity index (χ1v) is 10.8. The van der Waals surface area contributed by atoms with Crippen molar-refractivity contribution >= 4 is 28.7 Å². The molecule has 0 fully saturated rings. The zero-order chi connectivity index (χ0) is 22.9. The lowest BCUT2D eigenvalue weighted by Gasteiger charge is -2.31. The number of rotatable bonds is 5. The van der Waals surface area contributed by atoms with Crippen molar-refractivity contribution in [2.24, 2.45) is 5.41 Å². The van der Waals surface area contributed by atoms with Gasteiger partial charge < -0.3 is 14.4 Å². The average Bonchev–Trinajstić information content (AvgIpc) is 2.88. The molecule has 0 saturated carbocycles. The van der Waals surface area contributed by atoms with Gasteiger partial charge >= 0.3 is 0 Å². The highest BCUT2D eigenvalue weighted by Crippen LogP contribution is 2.43. The molecule has 4 rings (SSSR count). The molecule has 0 bridgehead atoms. The number of nitrogens with zero attached hydrogens (tertiary/aromatic N) is 1. The van der Waals surface area contributed by atoms with E-state index in [9.17, 15) is 9.59 Å². The van der Waals surface area contributed by atoms with Gasteiger partial charge in [-0.15, -0.1) is 0 Å². The molecule has 5 heteroatoms. The van der Waals surface area contributed by atoms with Crippen molar-refractivity contribution < 1.29 is 19.1 Å². The molecule has 1 aliphatic heterocycles. The molecule has 1 aliphatic rings. The Morgan fingerprint density at radius 2 is 1.78 bits per heavy atom. The maximum atomic E-state index is 13.6. The maximum Gasteiger partial charge on any atom is 0.256 e. The minimum absolute atomic E-state index is 0.119. The molecule has 1 heterocycles. The van der Waals surface area contributed by atoms with E-state index in [-0.39, 0.29) is 17.7 Å². The Labute approximate surface area is 188 Å². The zero-order valence-corrected chi connectivity index (χ0v) is 18.9. The summed E-state index contributed by atoms with van der Waals surface area (Å²) in [5.74, 6) is 0.457. The Hall–Kier alpha value is -3.18. The number of fused-ring (bicyclic) bond motifs is 2. The van der Waals surface area contributed by atoms with E-state index in [0.29, 0.717) is 12.3 Å². The van der Waals surface area contributed by atoms with Crippen LogP contribution in [-0.4, -0.2) is 32.0 Å². The lowest BCUT2D eigenvalue weighted by atomic mass is 9.92. The molecular weight excluding hydrogens is 402 g/mol. The standard InChI is InChI=1S/C27H28NO4/c1-27(2,3)17-28-23-13-12-19(31-4)16-22(23)25(32-24(14-15-29)26(28)30)21-11-7-9-18-8-5-6-10-20(18)21/h5-13,16,24-25H,14,17H2,1-4H3. The van der Waals surface area contributed by atoms with Crippen LogP contribution in [0, 0.1) is 5.41 Å². The summed E-state index contributed by atoms with van der Waals surface area (Å²) in [5, 5.41) is 2.12. The van der Waals surface area contributed by atoms with Gasteiger partial charge in [0.15, 0.2) is 0 Å². The molecule has 3 aromatic carbocycles. The number of carbonyl (C=O) groups excluding carboxylic acids is 2. The van der Waals surface area contributed by atoms with E-state index in [0.717, 1.165) is 27.6 Å². The largest absolute Gasteiger partial charge is 0.497 e. The molecule has 0 spiro atoms. The normalized spacial score (nSPS) is 18.9. The Bertz CT molecular complexity index is 1140. The summed E-state index contributed by atoms with van der Waals surface area (Å²) in [4.78, 5) is 26.7. The number of amides is 1. The second-order valence-corrected chi connectivity index (χ2v) is 9.33. The number of benzene rings is 3. The first-order valence-electron chi connectivity index (χ1n) is 10.8. The third-order valence-corrected chi connectivity index (χ3v) is 5.66. The van der Waals surface area contributed by atoms with Crippen molar-refractivity contribution in [1.82, 2.24) is 0 Å². The lowest BCUT2D eigenvalue weighted by molar-refractivity contribution is -0.131. The van der Waals surface area contributed by atoms with Crippen molar-refractivity contribution in [3.63, 3.8) is 0 Å². The van der Waals surface area contributed by atoms with E-state index in [2.05, 4.69) is 32.9 Å². The SMILES string of the molecule is COc1ccc2c(c1)C(c1cccc3ccccc13)OC(C[C]=O)C(=O)N2CC(C)(C)C. The van der Waals surface area contributed by atoms with Crippen molar-refractivity contribution in [2.75, 3.05) is 18.6 Å². The molecule has 0 N–H and O–H groups in total. The van der Waals surface area contributed by atoms with E-state index in [1.165, 1.54) is 0 Å². The first kappa shape index (κ1) is 22.0. The smallest absolute Gasteiger partial charge is 0.256 e. The topological polar surface area (TPSA) is 55.8 Å². The molecular formula is C27H28NO4. The van der Waals surface area contributed by atoms with Crippen molar-refractivity contribution in [2.45, 2.75) is 39.4 Å². The summed E-state index contributed by atoms with van der Waals surface area (Å²) in [5.41, 5.74) is 2.41. The number of methoxy groups -OCH3 is 1. The predicted octanol–water partition coefficient (Wildman–Crippen LogP) is 5.22. The number of hydrogen-bond acceptors (Lipinski definition) is 4. The van der Waals surface area contributed by atoms with Crippen LogP contribution in [0.15, 0.2) is 60.7 Å². The maximum absolute atomic E-state index is 13.6. The Morgan fingerprint density at radius 3 is 2.50 bits per heavy atom. The van der Waals surface area contributed by atoms with Gasteiger partial charge in [-0.1, -0.05) is 63.2 Å². The molecule has 0 aromatic heterocycles. The van der Waals surface area contributed by atoms with Gasteiger partial charge in [-0.3, -0.25) is 9.59 Å². The fourth-order valence-electron chi connectivity index (χ4n) is 4.27. The molecule has 2 atom stereocenters. The lowest BCUT2D eigenvalue weighted by Crippen LogP contribution is -2.43. The van der Waals surface area contributed by atoms with Gasteiger partial charge in [0.25, 0.3) is 5.91 Å². The fraction of sp³-hybridized carbons (Fsp3) is 0.333. The number of hydrogen-bond donors (Lipinski definition) is 0. The van der Waals surface area contributed by atoms with E-state index in [1.54, 1.807) is 12.0 Å². The van der Waals surface area contributed by atoms with Gasteiger partial charge in [-0.2, -0.15) is 0 Å². The van der Waals surface area contributed by atoms with Crippen LogP contribution >= 0.6 is 0 Å². The molecule has 0 aliphatic carbocycles. The van der Waals surface area contributed by atoms with E-state index in [4.69, 9.17) is 9.47 Å². The van der Waals surface area contributed by atoms with E-state index >= 15 is 0 Å². The highest BCUT2D eigenvalue weighted by molar-refractivity contribution is 5.99. The second kappa shape index (κ2) is 8.75. The van der Waals surface area contributed by atoms with Gasteiger partial charge in [0, 0.05) is 18.5 Å². The molecule has 0 saturated heterocycles. The van der Waals surface area contributed by atoms with Crippen molar-refractivity contribution in [3.05, 3.63) is 71.8 Å². The summed E-state index contributed by atoms with van der Waals surface area (Å²) in [6.07, 6.45) is 0.309. The summed E-state index contributed by atoms with van der Waals surface area (Å²) in [6.45, 7) is 6.74. The van der Waals surface area contributed by atoms with Gasteiger partial charge in [-0.25, -0.2) is 0 Å². The van der Waals surface area contributed by atoms with Gasteiger partial charge in [0.2, 0.25) is 6.29 Å². The highest BCUT2D eigenvalue weighted by atomic mass is 16.5. The Balaban J connectivity index is 1.97. The van der Waals surface area contributed by atoms with Crippen molar-refractivity contribution in [3.8, 4) is 5.75 Å². The van der Waals surface area contributed by atoms with Gasteiger partial charge in [0.05, 0.1) is 12.8 Å². The summed E-state index contributed by atoms with van der Waals surface area (Å²) in [7, 11) is 1.62. The minimum atomic E-state index is -0.919. The second-order valence-electron chi connectivity index (χ2n) is 9.33. The van der Waals surface area contributed by atoms with E-state index < -0.39 is 12.2 Å². The summed E-state index contributed by atoms with van der Waals surface area (Å²) >= 11 is 0. The first-order chi connectivity index (χ1) is 15.3. The van der Waals surface area contributed by atoms with Crippen LogP contribution in [0.1, 0.15) is 44.4 Å². The quantitative estimate of drug-likeness (QED) is 0.557. The summed E-state index contributed by atoms with van der Waals surface area (Å²) < 4.78 is 11.9. The fourth-order valence-corrected chi connectivity index (χ4v) is 4.27. The van der Waals surface area contributed by atoms with Crippen LogP contribution in [0.25, 0.3) is 10.8 Å². The number of carbonyl (C=O) groups is 1. The Morgan fingerprint density at radius 1 is 1.03 bits per heavy atom. The molecule has 1 radical (unpaired) electrons. The highest BCUT2D eigenvalue weighted by Gasteiger charge is 2.38. The van der Waals surface area contributed by atoms with Crippen LogP contribution in [0.5, 0.6) is 5.75 Å². The van der Waals surface area contributed by atoms with E-state index in [1.807, 2.05) is 54.8 Å². The third kappa shape index (κ3) is 4.26. The van der Waals surface area contributed by atoms with Crippen molar-refractivity contribution in [1.29, 1.82) is 0 Å². The molecule has 165 valence electrons. The van der Waals surface area contributed by atoms with Crippen LogP contribution in [0.4, 0.5) is 5.69 Å². The molecule has 3 aromatic rings. The minimum Gasteiger partial charge on any atom is -0.497 e. The predicted molar refractivity (Wildman–Crippen MR) is 126 cm³/mol. The molecule has 1 amide bonds. The third-order valence-electron chi connectivity index (χ3n) is 5.66. The zero-order valence-electron chi connectivity index (χ0n) is 18.9. The average molecular weight is 431 g/mol. The number of ether oxygens (including phenoxy) is 2. The summed E-state index contributed by atoms with van der Waals surface area (Å²) in [6, 6.07) is 19.8. The van der Waals surface area contributed by atoms with Crippen LogP contribution in [0.3, 0.4) is 0 Å². The van der Waals surface area contributed by atoms with Crippen LogP contribution in [0.2, 0.25) is 0 Å². The Kier molecular flexibility index (Phi) is 6.02. The molecule has 32 heavy (non-hydrogen) atoms. The monoisotopic (exact) mass is 430 g/mol. The van der Waals surface area contributed by atoms with Crippen LogP contribution in [-0.2, 0) is 14.3 Å². The molecule has 2 unspecified atom stereocenters.